The number of benzene rings is 2. The summed E-state index contributed by atoms with van der Waals surface area (Å²) in [5.41, 5.74) is 0.626. The predicted octanol–water partition coefficient (Wildman–Crippen LogP) is 2.40. The molecule has 2 unspecified atom stereocenters. The average Bonchev–Trinajstić information content (AvgIpc) is 2.99. The molecule has 0 aromatic heterocycles. The molecule has 2 aromatic carbocycles. The van der Waals surface area contributed by atoms with Crippen LogP contribution < -0.4 is 5.32 Å². The van der Waals surface area contributed by atoms with Gasteiger partial charge < -0.3 is 15.3 Å². The highest BCUT2D eigenvalue weighted by molar-refractivity contribution is 6.40. The van der Waals surface area contributed by atoms with Crippen LogP contribution >= 0.6 is 0 Å². The first kappa shape index (κ1) is 16.5. The number of anilines is 1. The third-order valence-corrected chi connectivity index (χ3v) is 4.71. The molecule has 1 aliphatic carbocycles. The molecule has 5 nitrogen and oxygen atoms in total. The van der Waals surface area contributed by atoms with Gasteiger partial charge in [-0.15, -0.1) is 0 Å². The van der Waals surface area contributed by atoms with Gasteiger partial charge in [-0.2, -0.15) is 0 Å². The highest BCUT2D eigenvalue weighted by Gasteiger charge is 2.29. The zero-order valence-electron chi connectivity index (χ0n) is 13.7. The van der Waals surface area contributed by atoms with Gasteiger partial charge in [0.05, 0.1) is 6.10 Å². The Bertz CT molecular complexity index is 754. The highest BCUT2D eigenvalue weighted by atomic mass is 16.3. The van der Waals surface area contributed by atoms with Crippen LogP contribution in [-0.2, 0) is 9.59 Å². The van der Waals surface area contributed by atoms with Crippen molar-refractivity contribution in [3.8, 4) is 0 Å². The monoisotopic (exact) mass is 326 g/mol. The van der Waals surface area contributed by atoms with Crippen molar-refractivity contribution in [2.45, 2.75) is 25.4 Å². The fourth-order valence-corrected chi connectivity index (χ4v) is 3.35. The smallest absolute Gasteiger partial charge is 0.313 e. The Morgan fingerprint density at radius 3 is 2.67 bits per heavy atom. The Morgan fingerprint density at radius 2 is 1.92 bits per heavy atom. The Hall–Kier alpha value is -2.40. The fraction of sp³-hybridized carbons (Fsp3) is 0.368. The van der Waals surface area contributed by atoms with Crippen LogP contribution in [0.3, 0.4) is 0 Å². The number of carbonyl (C=O) groups excluding carboxylic acids is 2. The number of likely N-dealkylation sites (N-methyl/N-ethyl adjacent to an activating group) is 1. The minimum Gasteiger partial charge on any atom is -0.393 e. The van der Waals surface area contributed by atoms with E-state index in [2.05, 4.69) is 5.32 Å². The maximum absolute atomic E-state index is 12.3. The summed E-state index contributed by atoms with van der Waals surface area (Å²) in [5, 5.41) is 14.5. The lowest BCUT2D eigenvalue weighted by atomic mass is 10.1. The lowest BCUT2D eigenvalue weighted by Gasteiger charge is -2.22. The van der Waals surface area contributed by atoms with Crippen LogP contribution in [0.1, 0.15) is 19.3 Å². The Labute approximate surface area is 141 Å². The van der Waals surface area contributed by atoms with E-state index >= 15 is 0 Å². The number of fused-ring (bicyclic) bond motifs is 1. The molecule has 24 heavy (non-hydrogen) atoms. The second kappa shape index (κ2) is 7.01. The van der Waals surface area contributed by atoms with E-state index in [1.54, 1.807) is 13.1 Å². The van der Waals surface area contributed by atoms with Gasteiger partial charge in [-0.1, -0.05) is 42.8 Å². The number of rotatable bonds is 3. The number of hydrogen-bond acceptors (Lipinski definition) is 3. The first-order valence-electron chi connectivity index (χ1n) is 8.28. The average molecular weight is 326 g/mol. The van der Waals surface area contributed by atoms with E-state index in [-0.39, 0.29) is 12.0 Å². The Balaban J connectivity index is 1.68. The summed E-state index contributed by atoms with van der Waals surface area (Å²) >= 11 is 0. The van der Waals surface area contributed by atoms with Crippen LogP contribution in [0.25, 0.3) is 10.8 Å². The van der Waals surface area contributed by atoms with E-state index in [9.17, 15) is 14.7 Å². The number of nitrogens with zero attached hydrogens (tertiary/aromatic N) is 1. The van der Waals surface area contributed by atoms with E-state index in [0.29, 0.717) is 12.2 Å². The SMILES string of the molecule is CN(CC1CCCC1O)C(=O)C(=O)Nc1cccc2ccccc12. The van der Waals surface area contributed by atoms with E-state index in [0.717, 1.165) is 30.0 Å². The number of aliphatic hydroxyl groups is 1. The molecule has 0 bridgehead atoms. The molecule has 0 heterocycles. The maximum Gasteiger partial charge on any atom is 0.313 e. The third kappa shape index (κ3) is 3.41. The van der Waals surface area contributed by atoms with Crippen LogP contribution in [-0.4, -0.2) is 41.5 Å². The van der Waals surface area contributed by atoms with Gasteiger partial charge in [0.1, 0.15) is 0 Å². The van der Waals surface area contributed by atoms with Crippen molar-refractivity contribution in [1.29, 1.82) is 0 Å². The first-order valence-corrected chi connectivity index (χ1v) is 8.28. The van der Waals surface area contributed by atoms with E-state index in [1.165, 1.54) is 4.90 Å². The largest absolute Gasteiger partial charge is 0.393 e. The van der Waals surface area contributed by atoms with Gasteiger partial charge >= 0.3 is 11.8 Å². The van der Waals surface area contributed by atoms with Crippen molar-refractivity contribution in [2.75, 3.05) is 18.9 Å². The lowest BCUT2D eigenvalue weighted by molar-refractivity contribution is -0.142. The molecule has 5 heteroatoms. The molecule has 1 aliphatic rings. The molecule has 0 radical (unpaired) electrons. The molecule has 1 fully saturated rings. The van der Waals surface area contributed by atoms with Gasteiger partial charge in [0.25, 0.3) is 0 Å². The second-order valence-electron chi connectivity index (χ2n) is 6.42. The van der Waals surface area contributed by atoms with Gasteiger partial charge in [0.2, 0.25) is 0 Å². The van der Waals surface area contributed by atoms with Crippen molar-refractivity contribution in [3.63, 3.8) is 0 Å². The quantitative estimate of drug-likeness (QED) is 0.851. The minimum atomic E-state index is -0.652. The molecule has 2 amide bonds. The molecule has 2 atom stereocenters. The van der Waals surface area contributed by atoms with E-state index in [4.69, 9.17) is 0 Å². The third-order valence-electron chi connectivity index (χ3n) is 4.71. The fourth-order valence-electron chi connectivity index (χ4n) is 3.35. The molecule has 126 valence electrons. The van der Waals surface area contributed by atoms with Gasteiger partial charge in [-0.05, 0) is 24.3 Å². The van der Waals surface area contributed by atoms with Crippen molar-refractivity contribution in [2.24, 2.45) is 5.92 Å². The minimum absolute atomic E-state index is 0.0595. The lowest BCUT2D eigenvalue weighted by Crippen LogP contribution is -2.41. The molecule has 2 N–H and O–H groups in total. The van der Waals surface area contributed by atoms with Gasteiger partial charge in [-0.3, -0.25) is 9.59 Å². The number of hydrogen-bond donors (Lipinski definition) is 2. The molecular weight excluding hydrogens is 304 g/mol. The molecule has 0 spiro atoms. The molecular formula is C19H22N2O3. The van der Waals surface area contributed by atoms with Crippen LogP contribution in [0.5, 0.6) is 0 Å². The van der Waals surface area contributed by atoms with Crippen LogP contribution in [0, 0.1) is 5.92 Å². The normalized spacial score (nSPS) is 20.1. The molecule has 1 saturated carbocycles. The van der Waals surface area contributed by atoms with Crippen LogP contribution in [0.2, 0.25) is 0 Å². The first-order chi connectivity index (χ1) is 11.6. The zero-order chi connectivity index (χ0) is 17.1. The van der Waals surface area contributed by atoms with Crippen molar-refractivity contribution >= 4 is 28.3 Å². The number of aliphatic hydroxyl groups excluding tert-OH is 1. The van der Waals surface area contributed by atoms with Crippen molar-refractivity contribution in [3.05, 3.63) is 42.5 Å². The number of carbonyl (C=O) groups is 2. The summed E-state index contributed by atoms with van der Waals surface area (Å²) in [6, 6.07) is 13.3. The van der Waals surface area contributed by atoms with Crippen molar-refractivity contribution < 1.29 is 14.7 Å². The summed E-state index contributed by atoms with van der Waals surface area (Å²) in [6.07, 6.45) is 2.26. The van der Waals surface area contributed by atoms with E-state index < -0.39 is 11.8 Å². The summed E-state index contributed by atoms with van der Waals surface area (Å²) in [4.78, 5) is 26.0. The summed E-state index contributed by atoms with van der Waals surface area (Å²) in [7, 11) is 1.61. The second-order valence-corrected chi connectivity index (χ2v) is 6.42. The Morgan fingerprint density at radius 1 is 1.17 bits per heavy atom. The molecule has 0 saturated heterocycles. The summed E-state index contributed by atoms with van der Waals surface area (Å²) in [5.74, 6) is -1.17. The molecule has 0 aliphatic heterocycles. The number of nitrogens with one attached hydrogen (secondary N) is 1. The van der Waals surface area contributed by atoms with Gasteiger partial charge in [-0.25, -0.2) is 0 Å². The summed E-state index contributed by atoms with van der Waals surface area (Å²) < 4.78 is 0. The topological polar surface area (TPSA) is 69.6 Å². The van der Waals surface area contributed by atoms with Crippen LogP contribution in [0.15, 0.2) is 42.5 Å². The zero-order valence-corrected chi connectivity index (χ0v) is 13.7. The van der Waals surface area contributed by atoms with Crippen molar-refractivity contribution in [1.82, 2.24) is 4.90 Å². The summed E-state index contributed by atoms with van der Waals surface area (Å²) in [6.45, 7) is 0.406. The molecule has 3 rings (SSSR count). The maximum atomic E-state index is 12.3. The number of amides is 2. The standard InChI is InChI=1S/C19H22N2O3/c1-21(12-14-8-5-11-17(14)22)19(24)18(23)20-16-10-4-7-13-6-2-3-9-15(13)16/h2-4,6-7,9-10,14,17,22H,5,8,11-12H2,1H3,(H,20,23). The Kier molecular flexibility index (Phi) is 4.81. The molecule has 2 aromatic rings. The van der Waals surface area contributed by atoms with Gasteiger partial charge in [0.15, 0.2) is 0 Å². The van der Waals surface area contributed by atoms with E-state index in [1.807, 2.05) is 36.4 Å². The van der Waals surface area contributed by atoms with Crippen LogP contribution in [0.4, 0.5) is 5.69 Å². The predicted molar refractivity (Wildman–Crippen MR) is 93.6 cm³/mol. The van der Waals surface area contributed by atoms with Gasteiger partial charge in [0, 0.05) is 30.6 Å². The highest BCUT2D eigenvalue weighted by Crippen LogP contribution is 2.26.